The molecule has 1 heterocycles. The molecule has 1 fully saturated rings. The molecule has 0 bridgehead atoms. The fourth-order valence-electron chi connectivity index (χ4n) is 4.73. The van der Waals surface area contributed by atoms with Crippen molar-refractivity contribution >= 4 is 30.8 Å². The number of allylic oxidation sites excluding steroid dienone is 2. The molecule has 1 saturated heterocycles. The maximum absolute atomic E-state index is 6.29. The average Bonchev–Trinajstić information content (AvgIpc) is 3.01. The topological polar surface area (TPSA) is 18.5 Å². The van der Waals surface area contributed by atoms with Crippen LogP contribution in [-0.4, -0.2) is 26.4 Å². The van der Waals surface area contributed by atoms with Crippen molar-refractivity contribution in [1.82, 2.24) is 0 Å². The van der Waals surface area contributed by atoms with E-state index in [1.165, 1.54) is 20.8 Å². The van der Waals surface area contributed by atoms with Crippen LogP contribution in [0.2, 0.25) is 6.32 Å². The third-order valence-electron chi connectivity index (χ3n) is 7.13. The Hall–Kier alpha value is -2.40. The van der Waals surface area contributed by atoms with Crippen molar-refractivity contribution in [2.75, 3.05) is 0 Å². The van der Waals surface area contributed by atoms with E-state index in [0.717, 1.165) is 6.32 Å². The van der Waals surface area contributed by atoms with Crippen molar-refractivity contribution < 1.29 is 9.31 Å². The van der Waals surface area contributed by atoms with Crippen LogP contribution in [0.15, 0.2) is 102 Å². The van der Waals surface area contributed by atoms with Gasteiger partial charge in [0.2, 0.25) is 0 Å². The minimum atomic E-state index is -2.42. The van der Waals surface area contributed by atoms with E-state index in [4.69, 9.17) is 9.31 Å². The number of hydrogen-bond donors (Lipinski definition) is 0. The van der Waals surface area contributed by atoms with Crippen LogP contribution >= 0.6 is 0 Å². The van der Waals surface area contributed by atoms with E-state index in [9.17, 15) is 0 Å². The van der Waals surface area contributed by atoms with Gasteiger partial charge in [-0.2, -0.15) is 0 Å². The Morgan fingerprint density at radius 3 is 1.38 bits per heavy atom. The van der Waals surface area contributed by atoms with Crippen molar-refractivity contribution in [1.29, 1.82) is 0 Å². The van der Waals surface area contributed by atoms with Crippen molar-refractivity contribution in [2.45, 2.75) is 52.1 Å². The van der Waals surface area contributed by atoms with Crippen LogP contribution in [-0.2, 0) is 9.31 Å². The maximum Gasteiger partial charge on any atom is 0.461 e. The van der Waals surface area contributed by atoms with Crippen LogP contribution in [0.5, 0.6) is 0 Å². The lowest BCUT2D eigenvalue weighted by atomic mass is 9.85. The standard InChI is InChI=1S/C28H33BO2Si/c1-23(21-22-29-30-27(2,3)28(4,5)31-29)32(24-15-9-6-10-16-24,25-17-11-7-12-18-25)26-19-13-8-14-20-26/h6-21H,22H2,1-5H3/b23-21-. The summed E-state index contributed by atoms with van der Waals surface area (Å²) in [5.41, 5.74) is -0.627. The molecule has 0 unspecified atom stereocenters. The summed E-state index contributed by atoms with van der Waals surface area (Å²) < 4.78 is 12.6. The molecule has 1 aliphatic heterocycles. The quantitative estimate of drug-likeness (QED) is 0.408. The number of rotatable bonds is 6. The molecule has 164 valence electrons. The number of hydrogen-bond acceptors (Lipinski definition) is 2. The van der Waals surface area contributed by atoms with Gasteiger partial charge in [0, 0.05) is 6.32 Å². The maximum atomic E-state index is 6.29. The van der Waals surface area contributed by atoms with Gasteiger partial charge in [0.05, 0.1) is 11.2 Å². The monoisotopic (exact) mass is 440 g/mol. The Bertz CT molecular complexity index is 950. The third kappa shape index (κ3) is 4.03. The molecule has 3 aromatic rings. The van der Waals surface area contributed by atoms with Gasteiger partial charge in [-0.1, -0.05) is 102 Å². The van der Waals surface area contributed by atoms with Crippen LogP contribution in [0.1, 0.15) is 34.6 Å². The summed E-state index contributed by atoms with van der Waals surface area (Å²) in [6, 6.07) is 33.0. The van der Waals surface area contributed by atoms with Crippen LogP contribution < -0.4 is 15.6 Å². The molecule has 0 saturated carbocycles. The fourth-order valence-corrected chi connectivity index (χ4v) is 9.60. The zero-order valence-corrected chi connectivity index (χ0v) is 20.8. The van der Waals surface area contributed by atoms with Crippen LogP contribution in [0, 0.1) is 0 Å². The third-order valence-corrected chi connectivity index (χ3v) is 12.1. The Morgan fingerprint density at radius 1 is 0.688 bits per heavy atom. The molecule has 4 rings (SSSR count). The lowest BCUT2D eigenvalue weighted by Crippen LogP contribution is -2.68. The molecule has 0 spiro atoms. The molecular formula is C28H33BO2Si. The first-order valence-corrected chi connectivity index (χ1v) is 13.5. The van der Waals surface area contributed by atoms with E-state index in [1.54, 1.807) is 0 Å². The largest absolute Gasteiger partial charge is 0.461 e. The van der Waals surface area contributed by atoms with Gasteiger partial charge in [0.1, 0.15) is 0 Å². The first kappa shape index (κ1) is 22.8. The molecular weight excluding hydrogens is 407 g/mol. The first-order chi connectivity index (χ1) is 15.3. The highest BCUT2D eigenvalue weighted by Gasteiger charge is 2.50. The summed E-state index contributed by atoms with van der Waals surface area (Å²) in [4.78, 5) is 0. The van der Waals surface area contributed by atoms with Gasteiger partial charge >= 0.3 is 7.12 Å². The summed E-state index contributed by atoms with van der Waals surface area (Å²) >= 11 is 0. The predicted molar refractivity (Wildman–Crippen MR) is 139 cm³/mol. The predicted octanol–water partition coefficient (Wildman–Crippen LogP) is 4.73. The van der Waals surface area contributed by atoms with Gasteiger partial charge in [-0.25, -0.2) is 0 Å². The smallest absolute Gasteiger partial charge is 0.403 e. The van der Waals surface area contributed by atoms with Gasteiger partial charge in [0.25, 0.3) is 0 Å². The fraction of sp³-hybridized carbons (Fsp3) is 0.286. The van der Waals surface area contributed by atoms with E-state index in [0.29, 0.717) is 0 Å². The Balaban J connectivity index is 1.83. The van der Waals surface area contributed by atoms with E-state index < -0.39 is 8.07 Å². The molecule has 0 amide bonds. The Morgan fingerprint density at radius 2 is 1.03 bits per heavy atom. The normalized spacial score (nSPS) is 18.0. The minimum Gasteiger partial charge on any atom is -0.403 e. The molecule has 0 N–H and O–H groups in total. The molecule has 4 heteroatoms. The molecule has 0 atom stereocenters. The summed E-state index contributed by atoms with van der Waals surface area (Å²) in [5.74, 6) is 0. The zero-order valence-electron chi connectivity index (χ0n) is 19.8. The zero-order chi connectivity index (χ0) is 22.8. The summed E-state index contributed by atoms with van der Waals surface area (Å²) in [6.07, 6.45) is 3.10. The van der Waals surface area contributed by atoms with E-state index >= 15 is 0 Å². The second kappa shape index (κ2) is 8.86. The molecule has 3 aromatic carbocycles. The van der Waals surface area contributed by atoms with Crippen LogP contribution in [0.4, 0.5) is 0 Å². The summed E-state index contributed by atoms with van der Waals surface area (Å²) in [6.45, 7) is 10.7. The number of benzene rings is 3. The second-order valence-electron chi connectivity index (χ2n) is 9.66. The lowest BCUT2D eigenvalue weighted by Gasteiger charge is -2.35. The average molecular weight is 440 g/mol. The lowest BCUT2D eigenvalue weighted by molar-refractivity contribution is 0.00578. The van der Waals surface area contributed by atoms with Crippen molar-refractivity contribution in [3.05, 3.63) is 102 Å². The summed E-state index contributed by atoms with van der Waals surface area (Å²) in [5, 5.41) is 5.57. The van der Waals surface area contributed by atoms with Crippen molar-refractivity contribution in [3.8, 4) is 0 Å². The van der Waals surface area contributed by atoms with Gasteiger partial charge in [-0.05, 0) is 50.2 Å². The molecule has 0 radical (unpaired) electrons. The molecule has 1 aliphatic rings. The molecule has 0 aliphatic carbocycles. The van der Waals surface area contributed by atoms with Crippen LogP contribution in [0.25, 0.3) is 0 Å². The molecule has 32 heavy (non-hydrogen) atoms. The second-order valence-corrected chi connectivity index (χ2v) is 13.7. The first-order valence-electron chi connectivity index (χ1n) is 11.5. The highest BCUT2D eigenvalue weighted by molar-refractivity contribution is 7.16. The van der Waals surface area contributed by atoms with Crippen LogP contribution in [0.3, 0.4) is 0 Å². The van der Waals surface area contributed by atoms with Gasteiger partial charge in [-0.3, -0.25) is 0 Å². The van der Waals surface area contributed by atoms with Gasteiger partial charge < -0.3 is 9.31 Å². The Labute approximate surface area is 194 Å². The van der Waals surface area contributed by atoms with Gasteiger partial charge in [-0.15, -0.1) is 0 Å². The molecule has 2 nitrogen and oxygen atoms in total. The van der Waals surface area contributed by atoms with Crippen molar-refractivity contribution in [2.24, 2.45) is 0 Å². The Kier molecular flexibility index (Phi) is 6.31. The van der Waals surface area contributed by atoms with E-state index in [-0.39, 0.29) is 18.3 Å². The van der Waals surface area contributed by atoms with Crippen molar-refractivity contribution in [3.63, 3.8) is 0 Å². The van der Waals surface area contributed by atoms with E-state index in [1.807, 2.05) is 0 Å². The van der Waals surface area contributed by atoms with Gasteiger partial charge in [0.15, 0.2) is 8.07 Å². The SMILES string of the molecule is C/C(=C/CB1OC(C)(C)C(C)(C)O1)[Si](c1ccccc1)(c1ccccc1)c1ccccc1. The summed E-state index contributed by atoms with van der Waals surface area (Å²) in [7, 11) is -2.65. The minimum absolute atomic E-state index is 0.232. The van der Waals surface area contributed by atoms with E-state index in [2.05, 4.69) is 132 Å². The highest BCUT2D eigenvalue weighted by atomic mass is 28.3. The highest BCUT2D eigenvalue weighted by Crippen LogP contribution is 2.38. The molecule has 0 aromatic heterocycles.